The lowest BCUT2D eigenvalue weighted by atomic mass is 10.0. The number of anilines is 1. The molecule has 0 aliphatic carbocycles. The Hall–Kier alpha value is -1.26. The Morgan fingerprint density at radius 3 is 2.55 bits per heavy atom. The second-order valence-electron chi connectivity index (χ2n) is 5.70. The zero-order valence-electron chi connectivity index (χ0n) is 12.9. The molecule has 0 amide bonds. The summed E-state index contributed by atoms with van der Waals surface area (Å²) in [7, 11) is 2.19. The van der Waals surface area contributed by atoms with E-state index < -0.39 is 0 Å². The Morgan fingerprint density at radius 1 is 1.25 bits per heavy atom. The van der Waals surface area contributed by atoms with E-state index in [9.17, 15) is 0 Å². The first-order valence-corrected chi connectivity index (χ1v) is 7.54. The highest BCUT2D eigenvalue weighted by Crippen LogP contribution is 2.23. The van der Waals surface area contributed by atoms with Crippen LogP contribution in [0, 0.1) is 0 Å². The van der Waals surface area contributed by atoms with E-state index in [0.29, 0.717) is 12.6 Å². The smallest absolute Gasteiger partial charge is 0.142 e. The van der Waals surface area contributed by atoms with E-state index in [2.05, 4.69) is 35.9 Å². The summed E-state index contributed by atoms with van der Waals surface area (Å²) >= 11 is 0. The summed E-state index contributed by atoms with van der Waals surface area (Å²) in [6.07, 6.45) is 1.04. The molecule has 0 saturated carbocycles. The molecule has 2 rings (SSSR count). The molecular weight excluding hydrogens is 250 g/mol. The summed E-state index contributed by atoms with van der Waals surface area (Å²) in [5.74, 6) is 0.795. The Kier molecular flexibility index (Phi) is 5.26. The van der Waals surface area contributed by atoms with Crippen LogP contribution >= 0.6 is 0 Å². The van der Waals surface area contributed by atoms with Gasteiger partial charge in [0.1, 0.15) is 5.75 Å². The molecule has 0 spiro atoms. The molecule has 20 heavy (non-hydrogen) atoms. The maximum absolute atomic E-state index is 6.03. The van der Waals surface area contributed by atoms with Crippen molar-refractivity contribution in [3.05, 3.63) is 23.8 Å². The number of benzene rings is 1. The van der Waals surface area contributed by atoms with Crippen LogP contribution in [0.15, 0.2) is 18.2 Å². The molecular formula is C16H27N3O. The standard InChI is InChI=1S/C16H27N3O/c1-4-20-16-6-5-14(12-15(16)17)11-13(2)19-9-7-18(3)8-10-19/h5-6,12-13H,4,7-11,17H2,1-3H3. The number of likely N-dealkylation sites (N-methyl/N-ethyl adjacent to an activating group) is 1. The molecule has 1 aliphatic rings. The Bertz CT molecular complexity index is 428. The molecule has 112 valence electrons. The van der Waals surface area contributed by atoms with Crippen LogP contribution < -0.4 is 10.5 Å². The molecule has 1 aromatic rings. The first kappa shape index (κ1) is 15.1. The highest BCUT2D eigenvalue weighted by molar-refractivity contribution is 5.54. The molecule has 4 heteroatoms. The maximum atomic E-state index is 6.03. The summed E-state index contributed by atoms with van der Waals surface area (Å²) in [5.41, 5.74) is 8.07. The van der Waals surface area contributed by atoms with Crippen LogP contribution in [0.3, 0.4) is 0 Å². The van der Waals surface area contributed by atoms with E-state index in [1.54, 1.807) is 0 Å². The molecule has 1 atom stereocenters. The molecule has 1 unspecified atom stereocenters. The average molecular weight is 277 g/mol. The van der Waals surface area contributed by atoms with E-state index in [1.807, 2.05) is 13.0 Å². The summed E-state index contributed by atoms with van der Waals surface area (Å²) in [4.78, 5) is 4.95. The van der Waals surface area contributed by atoms with Crippen LogP contribution in [0.1, 0.15) is 19.4 Å². The van der Waals surface area contributed by atoms with Crippen molar-refractivity contribution in [2.24, 2.45) is 0 Å². The van der Waals surface area contributed by atoms with Gasteiger partial charge in [0.05, 0.1) is 12.3 Å². The van der Waals surface area contributed by atoms with Crippen LogP contribution in [-0.4, -0.2) is 55.7 Å². The first-order valence-electron chi connectivity index (χ1n) is 7.54. The fraction of sp³-hybridized carbons (Fsp3) is 0.625. The summed E-state index contributed by atoms with van der Waals surface area (Å²) in [5, 5.41) is 0. The number of ether oxygens (including phenoxy) is 1. The number of hydrogen-bond acceptors (Lipinski definition) is 4. The lowest BCUT2D eigenvalue weighted by Crippen LogP contribution is -2.48. The van der Waals surface area contributed by atoms with Gasteiger partial charge in [-0.15, -0.1) is 0 Å². The van der Waals surface area contributed by atoms with Crippen molar-refractivity contribution in [1.82, 2.24) is 9.80 Å². The number of nitrogen functional groups attached to an aromatic ring is 1. The van der Waals surface area contributed by atoms with Gasteiger partial charge in [-0.25, -0.2) is 0 Å². The molecule has 1 heterocycles. The molecule has 1 fully saturated rings. The summed E-state index contributed by atoms with van der Waals surface area (Å²) in [6.45, 7) is 9.57. The maximum Gasteiger partial charge on any atom is 0.142 e. The minimum absolute atomic E-state index is 0.557. The minimum Gasteiger partial charge on any atom is -0.492 e. The Labute approximate surface area is 122 Å². The lowest BCUT2D eigenvalue weighted by Gasteiger charge is -2.36. The minimum atomic E-state index is 0.557. The number of nitrogens with zero attached hydrogens (tertiary/aromatic N) is 2. The SMILES string of the molecule is CCOc1ccc(CC(C)N2CCN(C)CC2)cc1N. The van der Waals surface area contributed by atoms with Gasteiger partial charge in [0.25, 0.3) is 0 Å². The lowest BCUT2D eigenvalue weighted by molar-refractivity contribution is 0.118. The van der Waals surface area contributed by atoms with Crippen LogP contribution in [0.5, 0.6) is 5.75 Å². The second-order valence-corrected chi connectivity index (χ2v) is 5.70. The largest absolute Gasteiger partial charge is 0.492 e. The topological polar surface area (TPSA) is 41.7 Å². The van der Waals surface area contributed by atoms with Gasteiger partial charge in [0, 0.05) is 32.2 Å². The molecule has 1 aromatic carbocycles. The van der Waals surface area contributed by atoms with Gasteiger partial charge in [0.2, 0.25) is 0 Å². The zero-order chi connectivity index (χ0) is 14.5. The molecule has 2 N–H and O–H groups in total. The quantitative estimate of drug-likeness (QED) is 0.834. The van der Waals surface area contributed by atoms with Gasteiger partial charge in [-0.1, -0.05) is 6.07 Å². The third-order valence-corrected chi connectivity index (χ3v) is 4.07. The normalized spacial score (nSPS) is 18.9. The van der Waals surface area contributed by atoms with Crippen LogP contribution in [0.2, 0.25) is 0 Å². The second kappa shape index (κ2) is 6.95. The van der Waals surface area contributed by atoms with Gasteiger partial charge in [0.15, 0.2) is 0 Å². The molecule has 1 aliphatic heterocycles. The average Bonchev–Trinajstić information content (AvgIpc) is 2.42. The van der Waals surface area contributed by atoms with Crippen molar-refractivity contribution in [2.75, 3.05) is 45.6 Å². The first-order chi connectivity index (χ1) is 9.60. The van der Waals surface area contributed by atoms with Crippen molar-refractivity contribution in [2.45, 2.75) is 26.3 Å². The number of hydrogen-bond donors (Lipinski definition) is 1. The number of nitrogens with two attached hydrogens (primary N) is 1. The molecule has 0 radical (unpaired) electrons. The summed E-state index contributed by atoms with van der Waals surface area (Å²) in [6, 6.07) is 6.73. The summed E-state index contributed by atoms with van der Waals surface area (Å²) < 4.78 is 5.48. The van der Waals surface area contributed by atoms with Crippen molar-refractivity contribution >= 4 is 5.69 Å². The van der Waals surface area contributed by atoms with E-state index in [-0.39, 0.29) is 0 Å². The van der Waals surface area contributed by atoms with Gasteiger partial charge in [-0.2, -0.15) is 0 Å². The van der Waals surface area contributed by atoms with Crippen molar-refractivity contribution < 1.29 is 4.74 Å². The molecule has 0 aromatic heterocycles. The van der Waals surface area contributed by atoms with Gasteiger partial charge < -0.3 is 15.4 Å². The van der Waals surface area contributed by atoms with Crippen LogP contribution in [0.25, 0.3) is 0 Å². The van der Waals surface area contributed by atoms with Gasteiger partial charge in [-0.05, 0) is 45.0 Å². The van der Waals surface area contributed by atoms with Crippen molar-refractivity contribution in [3.63, 3.8) is 0 Å². The fourth-order valence-corrected chi connectivity index (χ4v) is 2.74. The van der Waals surface area contributed by atoms with Gasteiger partial charge >= 0.3 is 0 Å². The third kappa shape index (κ3) is 3.87. The molecule has 1 saturated heterocycles. The number of piperazine rings is 1. The Morgan fingerprint density at radius 2 is 1.95 bits per heavy atom. The van der Waals surface area contributed by atoms with E-state index in [1.165, 1.54) is 5.56 Å². The van der Waals surface area contributed by atoms with E-state index in [4.69, 9.17) is 10.5 Å². The van der Waals surface area contributed by atoms with Crippen molar-refractivity contribution in [3.8, 4) is 5.75 Å². The third-order valence-electron chi connectivity index (χ3n) is 4.07. The highest BCUT2D eigenvalue weighted by atomic mass is 16.5. The number of rotatable bonds is 5. The zero-order valence-corrected chi connectivity index (χ0v) is 12.9. The van der Waals surface area contributed by atoms with Gasteiger partial charge in [-0.3, -0.25) is 4.90 Å². The fourth-order valence-electron chi connectivity index (χ4n) is 2.74. The monoisotopic (exact) mass is 277 g/mol. The molecule has 0 bridgehead atoms. The Balaban J connectivity index is 1.94. The van der Waals surface area contributed by atoms with E-state index in [0.717, 1.165) is 44.0 Å². The van der Waals surface area contributed by atoms with Crippen molar-refractivity contribution in [1.29, 1.82) is 0 Å². The molecule has 4 nitrogen and oxygen atoms in total. The van der Waals surface area contributed by atoms with E-state index >= 15 is 0 Å². The van der Waals surface area contributed by atoms with Crippen LogP contribution in [-0.2, 0) is 6.42 Å². The predicted molar refractivity (Wildman–Crippen MR) is 84.3 cm³/mol. The van der Waals surface area contributed by atoms with Crippen LogP contribution in [0.4, 0.5) is 5.69 Å². The predicted octanol–water partition coefficient (Wildman–Crippen LogP) is 1.85. The highest BCUT2D eigenvalue weighted by Gasteiger charge is 2.19.